The lowest BCUT2D eigenvalue weighted by Gasteiger charge is -2.02. The Bertz CT molecular complexity index is 841. The molecule has 0 atom stereocenters. The van der Waals surface area contributed by atoms with Crippen molar-refractivity contribution in [2.24, 2.45) is 5.10 Å². The van der Waals surface area contributed by atoms with E-state index >= 15 is 0 Å². The third-order valence-corrected chi connectivity index (χ3v) is 3.79. The molecule has 0 unspecified atom stereocenters. The van der Waals surface area contributed by atoms with E-state index in [0.717, 1.165) is 20.8 Å². The molecule has 3 aromatic rings. The second-order valence-corrected chi connectivity index (χ2v) is 5.73. The van der Waals surface area contributed by atoms with E-state index in [2.05, 4.69) is 26.5 Å². The number of rotatable bonds is 3. The van der Waals surface area contributed by atoms with Gasteiger partial charge in [0.1, 0.15) is 0 Å². The fourth-order valence-electron chi connectivity index (χ4n) is 2.11. The third kappa shape index (κ3) is 3.40. The highest BCUT2D eigenvalue weighted by atomic mass is 79.9. The monoisotopic (exact) mass is 352 g/mol. The van der Waals surface area contributed by atoms with Crippen LogP contribution in [0.25, 0.3) is 10.8 Å². The van der Waals surface area contributed by atoms with Gasteiger partial charge in [-0.15, -0.1) is 0 Å². The molecule has 3 nitrogen and oxygen atoms in total. The fraction of sp³-hybridized carbons (Fsp3) is 0. The predicted octanol–water partition coefficient (Wildman–Crippen LogP) is 4.37. The number of amides is 1. The molecule has 0 fully saturated rings. The zero-order valence-electron chi connectivity index (χ0n) is 11.7. The molecule has 0 spiro atoms. The van der Waals surface area contributed by atoms with Crippen molar-refractivity contribution in [3.63, 3.8) is 0 Å². The normalized spacial score (nSPS) is 11.0. The van der Waals surface area contributed by atoms with Crippen molar-refractivity contribution in [3.8, 4) is 0 Å². The summed E-state index contributed by atoms with van der Waals surface area (Å²) in [5, 5.41) is 6.13. The van der Waals surface area contributed by atoms with E-state index in [4.69, 9.17) is 0 Å². The molecule has 108 valence electrons. The van der Waals surface area contributed by atoms with Gasteiger partial charge in [-0.3, -0.25) is 4.79 Å². The zero-order valence-corrected chi connectivity index (χ0v) is 13.2. The van der Waals surface area contributed by atoms with Crippen LogP contribution in [0.1, 0.15) is 15.9 Å². The Labute approximate surface area is 136 Å². The Morgan fingerprint density at radius 1 is 0.955 bits per heavy atom. The summed E-state index contributed by atoms with van der Waals surface area (Å²) < 4.78 is 1.00. The molecule has 0 aliphatic carbocycles. The lowest BCUT2D eigenvalue weighted by molar-refractivity contribution is 0.0955. The first-order valence-electron chi connectivity index (χ1n) is 6.80. The SMILES string of the molecule is O=C(N/N=C\c1ccc(Br)cc1)c1ccc2ccccc2c1. The molecule has 0 bridgehead atoms. The highest BCUT2D eigenvalue weighted by Gasteiger charge is 2.04. The van der Waals surface area contributed by atoms with E-state index in [1.807, 2.05) is 60.7 Å². The summed E-state index contributed by atoms with van der Waals surface area (Å²) in [6.07, 6.45) is 1.62. The number of hydrogen-bond donors (Lipinski definition) is 1. The third-order valence-electron chi connectivity index (χ3n) is 3.26. The van der Waals surface area contributed by atoms with Gasteiger partial charge >= 0.3 is 0 Å². The van der Waals surface area contributed by atoms with Gasteiger partial charge in [-0.25, -0.2) is 5.43 Å². The smallest absolute Gasteiger partial charge is 0.267 e. The van der Waals surface area contributed by atoms with E-state index < -0.39 is 0 Å². The number of hydrazone groups is 1. The average Bonchev–Trinajstić information content (AvgIpc) is 2.56. The van der Waals surface area contributed by atoms with Crippen LogP contribution < -0.4 is 5.43 Å². The van der Waals surface area contributed by atoms with Gasteiger partial charge in [-0.2, -0.15) is 5.10 Å². The number of nitrogens with one attached hydrogen (secondary N) is 1. The van der Waals surface area contributed by atoms with E-state index in [9.17, 15) is 4.79 Å². The number of carbonyl (C=O) groups is 1. The van der Waals surface area contributed by atoms with Gasteiger partial charge < -0.3 is 0 Å². The summed E-state index contributed by atoms with van der Waals surface area (Å²) in [6.45, 7) is 0. The van der Waals surface area contributed by atoms with Crippen LogP contribution in [0.4, 0.5) is 0 Å². The molecule has 3 aromatic carbocycles. The van der Waals surface area contributed by atoms with E-state index in [1.165, 1.54) is 0 Å². The van der Waals surface area contributed by atoms with Crippen LogP contribution >= 0.6 is 15.9 Å². The van der Waals surface area contributed by atoms with Crippen molar-refractivity contribution in [2.75, 3.05) is 0 Å². The Kier molecular flexibility index (Phi) is 4.30. The Hall–Kier alpha value is -2.46. The molecule has 3 rings (SSSR count). The number of hydrogen-bond acceptors (Lipinski definition) is 2. The molecular formula is C18H13BrN2O. The fourth-order valence-corrected chi connectivity index (χ4v) is 2.37. The molecule has 0 aliphatic rings. The second kappa shape index (κ2) is 6.54. The van der Waals surface area contributed by atoms with Crippen molar-refractivity contribution in [2.45, 2.75) is 0 Å². The standard InChI is InChI=1S/C18H13BrN2O/c19-17-9-5-13(6-10-17)12-20-21-18(22)16-8-7-14-3-1-2-4-15(14)11-16/h1-12H,(H,21,22)/b20-12-. The molecule has 1 amide bonds. The van der Waals surface area contributed by atoms with E-state index in [-0.39, 0.29) is 5.91 Å². The second-order valence-electron chi connectivity index (χ2n) is 4.81. The highest BCUT2D eigenvalue weighted by molar-refractivity contribution is 9.10. The van der Waals surface area contributed by atoms with Crippen molar-refractivity contribution in [1.82, 2.24) is 5.43 Å². The minimum absolute atomic E-state index is 0.223. The van der Waals surface area contributed by atoms with E-state index in [1.54, 1.807) is 12.3 Å². The van der Waals surface area contributed by atoms with Gasteiger partial charge in [0.15, 0.2) is 0 Å². The minimum Gasteiger partial charge on any atom is -0.267 e. The van der Waals surface area contributed by atoms with Crippen LogP contribution in [0.2, 0.25) is 0 Å². The summed E-state index contributed by atoms with van der Waals surface area (Å²) in [5.41, 5.74) is 4.05. The van der Waals surface area contributed by atoms with Gasteiger partial charge in [0.2, 0.25) is 0 Å². The van der Waals surface area contributed by atoms with Crippen LogP contribution in [0.3, 0.4) is 0 Å². The van der Waals surface area contributed by atoms with Crippen molar-refractivity contribution in [3.05, 3.63) is 82.3 Å². The maximum absolute atomic E-state index is 12.1. The average molecular weight is 353 g/mol. The van der Waals surface area contributed by atoms with Crippen molar-refractivity contribution in [1.29, 1.82) is 0 Å². The number of nitrogens with zero attached hydrogens (tertiary/aromatic N) is 1. The van der Waals surface area contributed by atoms with Gasteiger partial charge in [-0.05, 0) is 40.6 Å². The van der Waals surface area contributed by atoms with Gasteiger partial charge in [0.25, 0.3) is 5.91 Å². The van der Waals surface area contributed by atoms with Crippen molar-refractivity contribution < 1.29 is 4.79 Å². The Balaban J connectivity index is 1.71. The van der Waals surface area contributed by atoms with Crippen LogP contribution in [-0.4, -0.2) is 12.1 Å². The summed E-state index contributed by atoms with van der Waals surface area (Å²) >= 11 is 3.37. The number of benzene rings is 3. The first kappa shape index (κ1) is 14.5. The first-order chi connectivity index (χ1) is 10.7. The molecule has 0 heterocycles. The predicted molar refractivity (Wildman–Crippen MR) is 93.2 cm³/mol. The summed E-state index contributed by atoms with van der Waals surface area (Å²) in [6, 6.07) is 21.2. The Morgan fingerprint density at radius 2 is 1.68 bits per heavy atom. The van der Waals surface area contributed by atoms with Crippen LogP contribution in [-0.2, 0) is 0 Å². The molecule has 0 saturated heterocycles. The van der Waals surface area contributed by atoms with Crippen LogP contribution in [0, 0.1) is 0 Å². The summed E-state index contributed by atoms with van der Waals surface area (Å²) in [5.74, 6) is -0.223. The quantitative estimate of drug-likeness (QED) is 0.552. The molecular weight excluding hydrogens is 340 g/mol. The molecule has 0 aromatic heterocycles. The van der Waals surface area contributed by atoms with Crippen molar-refractivity contribution >= 4 is 38.8 Å². The molecule has 1 N–H and O–H groups in total. The van der Waals surface area contributed by atoms with Gasteiger partial charge in [-0.1, -0.05) is 58.4 Å². The van der Waals surface area contributed by atoms with E-state index in [0.29, 0.717) is 5.56 Å². The minimum atomic E-state index is -0.223. The maximum atomic E-state index is 12.1. The first-order valence-corrected chi connectivity index (χ1v) is 7.59. The number of fused-ring (bicyclic) bond motifs is 1. The Morgan fingerprint density at radius 3 is 2.45 bits per heavy atom. The largest absolute Gasteiger partial charge is 0.271 e. The lowest BCUT2D eigenvalue weighted by Crippen LogP contribution is -2.17. The van der Waals surface area contributed by atoms with Gasteiger partial charge in [0.05, 0.1) is 6.21 Å². The summed E-state index contributed by atoms with van der Waals surface area (Å²) in [7, 11) is 0. The lowest BCUT2D eigenvalue weighted by atomic mass is 10.1. The van der Waals surface area contributed by atoms with Crippen LogP contribution in [0.5, 0.6) is 0 Å². The molecule has 4 heteroatoms. The van der Waals surface area contributed by atoms with Gasteiger partial charge in [0, 0.05) is 10.0 Å². The molecule has 0 aliphatic heterocycles. The maximum Gasteiger partial charge on any atom is 0.271 e. The summed E-state index contributed by atoms with van der Waals surface area (Å²) in [4.78, 5) is 12.1. The number of halogens is 1. The topological polar surface area (TPSA) is 41.5 Å². The van der Waals surface area contributed by atoms with Crippen LogP contribution in [0.15, 0.2) is 76.3 Å². The molecule has 0 radical (unpaired) electrons. The molecule has 0 saturated carbocycles. The molecule has 22 heavy (non-hydrogen) atoms. The zero-order chi connectivity index (χ0) is 15.4. The number of carbonyl (C=O) groups excluding carboxylic acids is 1. The highest BCUT2D eigenvalue weighted by Crippen LogP contribution is 2.15.